The van der Waals surface area contributed by atoms with E-state index in [0.29, 0.717) is 12.2 Å². The number of nitrogens with zero attached hydrogens (tertiary/aromatic N) is 2. The second-order valence-electron chi connectivity index (χ2n) is 9.04. The van der Waals surface area contributed by atoms with Crippen molar-refractivity contribution in [3.05, 3.63) is 72.3 Å². The number of aromatic nitrogens is 1. The third kappa shape index (κ3) is 4.72. The highest BCUT2D eigenvalue weighted by molar-refractivity contribution is 6.03. The number of fused-ring (bicyclic) bond motifs is 1. The molecule has 1 fully saturated rings. The van der Waals surface area contributed by atoms with Gasteiger partial charge in [0.15, 0.2) is 0 Å². The second-order valence-corrected chi connectivity index (χ2v) is 9.04. The maximum Gasteiger partial charge on any atom is 0.410 e. The fourth-order valence-electron chi connectivity index (χ4n) is 4.05. The minimum absolute atomic E-state index is 0.199. The number of carbonyl (C=O) groups excluding carboxylic acids is 2. The lowest BCUT2D eigenvalue weighted by Crippen LogP contribution is -2.36. The Morgan fingerprint density at radius 1 is 1.09 bits per heavy atom. The van der Waals surface area contributed by atoms with E-state index >= 15 is 0 Å². The minimum atomic E-state index is -0.639. The van der Waals surface area contributed by atoms with E-state index in [-0.39, 0.29) is 24.2 Å². The van der Waals surface area contributed by atoms with Gasteiger partial charge in [-0.2, -0.15) is 0 Å². The summed E-state index contributed by atoms with van der Waals surface area (Å²) in [5.74, 6) is -1.33. The van der Waals surface area contributed by atoms with Crippen molar-refractivity contribution < 1.29 is 18.7 Å². The molecule has 32 heavy (non-hydrogen) atoms. The van der Waals surface area contributed by atoms with Gasteiger partial charge in [-0.15, -0.1) is 0 Å². The fraction of sp³-hybridized carbons (Fsp3) is 0.320. The van der Waals surface area contributed by atoms with Crippen LogP contribution in [0.4, 0.5) is 14.9 Å². The summed E-state index contributed by atoms with van der Waals surface area (Å²) in [6.45, 7) is 5.95. The number of pyridine rings is 1. The summed E-state index contributed by atoms with van der Waals surface area (Å²) in [5, 5.41) is 4.83. The first-order valence-electron chi connectivity index (χ1n) is 10.6. The van der Waals surface area contributed by atoms with Crippen LogP contribution in [0, 0.1) is 11.7 Å². The first-order valence-corrected chi connectivity index (χ1v) is 10.6. The lowest BCUT2D eigenvalue weighted by molar-refractivity contribution is -0.119. The predicted octanol–water partition coefficient (Wildman–Crippen LogP) is 4.96. The maximum absolute atomic E-state index is 13.5. The van der Waals surface area contributed by atoms with E-state index < -0.39 is 17.6 Å². The summed E-state index contributed by atoms with van der Waals surface area (Å²) in [5.41, 5.74) is 0.850. The molecule has 0 unspecified atom stereocenters. The van der Waals surface area contributed by atoms with E-state index in [4.69, 9.17) is 4.74 Å². The molecule has 3 aromatic rings. The van der Waals surface area contributed by atoms with Gasteiger partial charge in [-0.05, 0) is 50.6 Å². The molecular weight excluding hydrogens is 409 g/mol. The summed E-state index contributed by atoms with van der Waals surface area (Å²) in [6.07, 6.45) is 2.96. The van der Waals surface area contributed by atoms with E-state index in [1.165, 1.54) is 12.1 Å². The lowest BCUT2D eigenvalue weighted by atomic mass is 9.88. The van der Waals surface area contributed by atoms with Crippen LogP contribution in [-0.4, -0.2) is 40.6 Å². The molecule has 1 aliphatic heterocycles. The van der Waals surface area contributed by atoms with Crippen molar-refractivity contribution >= 4 is 28.5 Å². The highest BCUT2D eigenvalue weighted by atomic mass is 19.1. The van der Waals surface area contributed by atoms with Gasteiger partial charge < -0.3 is 15.0 Å². The van der Waals surface area contributed by atoms with Crippen molar-refractivity contribution in [3.8, 4) is 0 Å². The minimum Gasteiger partial charge on any atom is -0.444 e. The molecule has 166 valence electrons. The molecule has 1 aromatic heterocycles. The molecule has 0 saturated carbocycles. The molecule has 2 heterocycles. The van der Waals surface area contributed by atoms with Gasteiger partial charge in [0.05, 0.1) is 5.92 Å². The van der Waals surface area contributed by atoms with Crippen LogP contribution in [-0.2, 0) is 9.53 Å². The van der Waals surface area contributed by atoms with Crippen molar-refractivity contribution in [2.45, 2.75) is 32.3 Å². The Morgan fingerprint density at radius 2 is 1.84 bits per heavy atom. The van der Waals surface area contributed by atoms with E-state index in [1.54, 1.807) is 50.2 Å². The molecule has 1 aliphatic rings. The van der Waals surface area contributed by atoms with Crippen molar-refractivity contribution in [1.29, 1.82) is 0 Å². The van der Waals surface area contributed by atoms with Crippen LogP contribution in [0.1, 0.15) is 32.3 Å². The largest absolute Gasteiger partial charge is 0.444 e. The smallest absolute Gasteiger partial charge is 0.410 e. The molecule has 0 aliphatic carbocycles. The second kappa shape index (κ2) is 8.57. The number of likely N-dealkylation sites (tertiary alicyclic amines) is 1. The van der Waals surface area contributed by atoms with E-state index in [0.717, 1.165) is 16.3 Å². The van der Waals surface area contributed by atoms with Crippen LogP contribution in [0.25, 0.3) is 10.8 Å². The number of benzene rings is 2. The van der Waals surface area contributed by atoms with Gasteiger partial charge in [-0.25, -0.2) is 9.18 Å². The third-order valence-electron chi connectivity index (χ3n) is 5.55. The Hall–Kier alpha value is -3.48. The molecule has 2 amide bonds. The Bertz CT molecular complexity index is 1140. The summed E-state index contributed by atoms with van der Waals surface area (Å²) in [4.78, 5) is 31.8. The first kappa shape index (κ1) is 21.7. The van der Waals surface area contributed by atoms with Gasteiger partial charge in [0.1, 0.15) is 11.4 Å². The average molecular weight is 435 g/mol. The summed E-state index contributed by atoms with van der Waals surface area (Å²) in [7, 11) is 0. The monoisotopic (exact) mass is 435 g/mol. The maximum atomic E-state index is 13.5. The molecule has 0 spiro atoms. The van der Waals surface area contributed by atoms with E-state index in [2.05, 4.69) is 10.3 Å². The zero-order chi connectivity index (χ0) is 22.9. The SMILES string of the molecule is CC(C)(C)OC(=O)N1C[C@H](C(=O)Nc2cccc3cnccc23)[C@@H](c2ccc(F)cc2)C1. The van der Waals surface area contributed by atoms with Gasteiger partial charge in [0, 0.05) is 47.9 Å². The van der Waals surface area contributed by atoms with Gasteiger partial charge in [0.25, 0.3) is 0 Å². The molecule has 0 radical (unpaired) electrons. The number of carbonyl (C=O) groups is 2. The Morgan fingerprint density at radius 3 is 2.56 bits per heavy atom. The molecule has 4 rings (SSSR count). The molecule has 2 atom stereocenters. The predicted molar refractivity (Wildman–Crippen MR) is 121 cm³/mol. The van der Waals surface area contributed by atoms with Crippen LogP contribution >= 0.6 is 0 Å². The standard InChI is InChI=1S/C25H26FN3O3/c1-25(2,3)32-24(31)29-14-20(16-7-9-18(26)10-8-16)21(15-29)23(30)28-22-6-4-5-17-13-27-12-11-19(17)22/h4-13,20-21H,14-15H2,1-3H3,(H,28,30)/t20-,21+/m1/s1. The van der Waals surface area contributed by atoms with E-state index in [1.807, 2.05) is 24.3 Å². The Kier molecular flexibility index (Phi) is 5.82. The van der Waals surface area contributed by atoms with Crippen LogP contribution in [0.3, 0.4) is 0 Å². The van der Waals surface area contributed by atoms with Crippen LogP contribution in [0.2, 0.25) is 0 Å². The number of nitrogens with one attached hydrogen (secondary N) is 1. The topological polar surface area (TPSA) is 71.5 Å². The van der Waals surface area contributed by atoms with Crippen molar-refractivity contribution in [2.24, 2.45) is 5.92 Å². The number of halogens is 1. The molecular formula is C25H26FN3O3. The number of hydrogen-bond donors (Lipinski definition) is 1. The quantitative estimate of drug-likeness (QED) is 0.631. The van der Waals surface area contributed by atoms with Crippen molar-refractivity contribution in [1.82, 2.24) is 9.88 Å². The molecule has 6 nitrogen and oxygen atoms in total. The fourth-order valence-corrected chi connectivity index (χ4v) is 4.05. The van der Waals surface area contributed by atoms with Crippen molar-refractivity contribution in [2.75, 3.05) is 18.4 Å². The van der Waals surface area contributed by atoms with Gasteiger partial charge in [-0.1, -0.05) is 24.3 Å². The Balaban J connectivity index is 1.61. The highest BCUT2D eigenvalue weighted by Gasteiger charge is 2.41. The number of anilines is 1. The number of ether oxygens (including phenoxy) is 1. The molecule has 7 heteroatoms. The molecule has 2 aromatic carbocycles. The zero-order valence-corrected chi connectivity index (χ0v) is 18.3. The molecule has 0 bridgehead atoms. The van der Waals surface area contributed by atoms with Crippen LogP contribution in [0.15, 0.2) is 60.9 Å². The van der Waals surface area contributed by atoms with E-state index in [9.17, 15) is 14.0 Å². The summed E-state index contributed by atoms with van der Waals surface area (Å²) < 4.78 is 19.0. The molecule has 1 saturated heterocycles. The average Bonchev–Trinajstić information content (AvgIpc) is 3.19. The number of amides is 2. The lowest BCUT2D eigenvalue weighted by Gasteiger charge is -2.24. The highest BCUT2D eigenvalue weighted by Crippen LogP contribution is 2.35. The summed E-state index contributed by atoms with van der Waals surface area (Å²) in [6, 6.07) is 13.6. The zero-order valence-electron chi connectivity index (χ0n) is 18.3. The third-order valence-corrected chi connectivity index (χ3v) is 5.55. The summed E-state index contributed by atoms with van der Waals surface area (Å²) >= 11 is 0. The van der Waals surface area contributed by atoms with Crippen molar-refractivity contribution in [3.63, 3.8) is 0 Å². The van der Waals surface area contributed by atoms with Gasteiger partial charge >= 0.3 is 6.09 Å². The van der Waals surface area contributed by atoms with Crippen LogP contribution < -0.4 is 5.32 Å². The number of hydrogen-bond acceptors (Lipinski definition) is 4. The normalized spacial score (nSPS) is 18.6. The van der Waals surface area contributed by atoms with Gasteiger partial charge in [0.2, 0.25) is 5.91 Å². The molecule has 1 N–H and O–H groups in total. The van der Waals surface area contributed by atoms with Gasteiger partial charge in [-0.3, -0.25) is 9.78 Å². The number of rotatable bonds is 3. The first-order chi connectivity index (χ1) is 15.2. The van der Waals surface area contributed by atoms with Crippen LogP contribution in [0.5, 0.6) is 0 Å². The Labute approximate surface area is 186 Å².